The van der Waals surface area contributed by atoms with Crippen molar-refractivity contribution in [3.05, 3.63) is 58.7 Å². The monoisotopic (exact) mass is 546 g/mol. The van der Waals surface area contributed by atoms with E-state index in [0.717, 1.165) is 12.1 Å². The highest BCUT2D eigenvalue weighted by molar-refractivity contribution is 8.76. The van der Waals surface area contributed by atoms with Crippen molar-refractivity contribution in [2.24, 2.45) is 0 Å². The van der Waals surface area contributed by atoms with E-state index in [4.69, 9.17) is 10.5 Å². The molecule has 2 N–H and O–H groups in total. The summed E-state index contributed by atoms with van der Waals surface area (Å²) in [6.07, 6.45) is -9.55. The van der Waals surface area contributed by atoms with Crippen molar-refractivity contribution >= 4 is 44.8 Å². The van der Waals surface area contributed by atoms with Crippen LogP contribution in [-0.2, 0) is 21.9 Å². The van der Waals surface area contributed by atoms with Gasteiger partial charge in [-0.3, -0.25) is 9.59 Å². The third-order valence-electron chi connectivity index (χ3n) is 4.37. The molecule has 0 heterocycles. The molecular formula is C22H16F6N4O2S2. The number of halogens is 6. The van der Waals surface area contributed by atoms with Crippen LogP contribution in [0.4, 0.5) is 37.7 Å². The van der Waals surface area contributed by atoms with Crippen LogP contribution in [0.3, 0.4) is 0 Å². The largest absolute Gasteiger partial charge is 0.417 e. The molecule has 0 spiro atoms. The van der Waals surface area contributed by atoms with E-state index >= 15 is 0 Å². The Hall–Kier alpha value is -3.36. The van der Waals surface area contributed by atoms with Gasteiger partial charge in [0.2, 0.25) is 11.8 Å². The maximum absolute atomic E-state index is 13.0. The molecule has 0 aromatic heterocycles. The summed E-state index contributed by atoms with van der Waals surface area (Å²) >= 11 is 0. The van der Waals surface area contributed by atoms with Crippen LogP contribution in [-0.4, -0.2) is 23.3 Å². The third-order valence-corrected chi connectivity index (χ3v) is 6.77. The van der Waals surface area contributed by atoms with E-state index in [-0.39, 0.29) is 35.7 Å². The molecule has 0 aliphatic heterocycles. The Morgan fingerprint density at radius 1 is 0.722 bits per heavy atom. The lowest BCUT2D eigenvalue weighted by Gasteiger charge is -2.12. The van der Waals surface area contributed by atoms with Gasteiger partial charge in [-0.1, -0.05) is 21.6 Å². The van der Waals surface area contributed by atoms with Crippen molar-refractivity contribution in [3.8, 4) is 12.1 Å². The molecule has 2 rings (SSSR count). The number of carbonyl (C=O) groups excluding carboxylic acids is 2. The Balaban J connectivity index is 1.74. The first-order valence-corrected chi connectivity index (χ1v) is 12.4. The Morgan fingerprint density at radius 2 is 1.08 bits per heavy atom. The highest BCUT2D eigenvalue weighted by Gasteiger charge is 2.34. The number of alkyl halides is 6. The van der Waals surface area contributed by atoms with Gasteiger partial charge in [-0.05, 0) is 36.4 Å². The van der Waals surface area contributed by atoms with E-state index in [1.807, 2.05) is 0 Å². The summed E-state index contributed by atoms with van der Waals surface area (Å²) in [5, 5.41) is 22.2. The molecule has 0 fully saturated rings. The predicted molar refractivity (Wildman–Crippen MR) is 124 cm³/mol. The predicted octanol–water partition coefficient (Wildman–Crippen LogP) is 6.21. The molecule has 0 atom stereocenters. The Morgan fingerprint density at radius 3 is 1.39 bits per heavy atom. The standard InChI is InChI=1S/C22H16F6N4O2S2/c23-21(24,25)17-9-15(3-1-13(17)11-29)31-19(33)5-7-35-36-8-6-20(34)32-16-4-2-14(12-30)18(10-16)22(26,27)28/h1-4,9-10H,5-8H2,(H,31,33)(H,32,34). The Labute approximate surface area is 209 Å². The van der Waals surface area contributed by atoms with Crippen molar-refractivity contribution in [1.82, 2.24) is 0 Å². The highest BCUT2D eigenvalue weighted by Crippen LogP contribution is 2.34. The molecule has 0 saturated carbocycles. The molecule has 190 valence electrons. The van der Waals surface area contributed by atoms with Gasteiger partial charge in [0.15, 0.2) is 0 Å². The van der Waals surface area contributed by atoms with Crippen LogP contribution in [0.2, 0.25) is 0 Å². The summed E-state index contributed by atoms with van der Waals surface area (Å²) in [5.74, 6) is -0.518. The number of carbonyl (C=O) groups is 2. The second kappa shape index (κ2) is 12.6. The molecule has 0 aliphatic rings. The second-order valence-electron chi connectivity index (χ2n) is 6.98. The van der Waals surface area contributed by atoms with Gasteiger partial charge in [-0.15, -0.1) is 0 Å². The first-order chi connectivity index (χ1) is 16.8. The maximum atomic E-state index is 13.0. The Kier molecular flexibility index (Phi) is 10.1. The van der Waals surface area contributed by atoms with Crippen LogP contribution in [0.1, 0.15) is 35.1 Å². The normalized spacial score (nSPS) is 11.3. The maximum Gasteiger partial charge on any atom is 0.417 e. The van der Waals surface area contributed by atoms with Crippen molar-refractivity contribution < 1.29 is 35.9 Å². The van der Waals surface area contributed by atoms with Gasteiger partial charge in [0.25, 0.3) is 0 Å². The summed E-state index contributed by atoms with van der Waals surface area (Å²) in [4.78, 5) is 23.9. The van der Waals surface area contributed by atoms with E-state index in [0.29, 0.717) is 12.1 Å². The zero-order valence-electron chi connectivity index (χ0n) is 18.1. The van der Waals surface area contributed by atoms with E-state index in [2.05, 4.69) is 10.6 Å². The topological polar surface area (TPSA) is 106 Å². The zero-order chi connectivity index (χ0) is 26.9. The van der Waals surface area contributed by atoms with Crippen LogP contribution in [0.15, 0.2) is 36.4 Å². The SMILES string of the molecule is N#Cc1ccc(NC(=O)CCSSCCC(=O)Nc2ccc(C#N)c(C(F)(F)F)c2)cc1C(F)(F)F. The average Bonchev–Trinajstić information content (AvgIpc) is 2.80. The van der Waals surface area contributed by atoms with E-state index < -0.39 is 46.4 Å². The van der Waals surface area contributed by atoms with Crippen molar-refractivity contribution in [2.45, 2.75) is 25.2 Å². The van der Waals surface area contributed by atoms with Gasteiger partial charge in [0, 0.05) is 35.7 Å². The van der Waals surface area contributed by atoms with E-state index in [1.165, 1.54) is 45.9 Å². The highest BCUT2D eigenvalue weighted by atomic mass is 33.1. The van der Waals surface area contributed by atoms with Crippen molar-refractivity contribution in [3.63, 3.8) is 0 Å². The molecule has 14 heteroatoms. The summed E-state index contributed by atoms with van der Waals surface area (Å²) in [7, 11) is 2.47. The number of nitrogens with zero attached hydrogens (tertiary/aromatic N) is 2. The number of hydrogen-bond donors (Lipinski definition) is 2. The fourth-order valence-corrected chi connectivity index (χ4v) is 4.72. The fraction of sp³-hybridized carbons (Fsp3) is 0.273. The van der Waals surface area contributed by atoms with E-state index in [1.54, 1.807) is 0 Å². The molecule has 36 heavy (non-hydrogen) atoms. The smallest absolute Gasteiger partial charge is 0.326 e. The summed E-state index contributed by atoms with van der Waals surface area (Å²) in [6, 6.07) is 8.58. The molecule has 0 aliphatic carbocycles. The first kappa shape index (κ1) is 28.9. The molecule has 0 bridgehead atoms. The molecule has 0 unspecified atom stereocenters. The number of nitrogens with one attached hydrogen (secondary N) is 2. The van der Waals surface area contributed by atoms with Crippen molar-refractivity contribution in [1.29, 1.82) is 10.5 Å². The molecule has 0 radical (unpaired) electrons. The Bertz CT molecular complexity index is 1110. The number of benzene rings is 2. The lowest BCUT2D eigenvalue weighted by molar-refractivity contribution is -0.138. The summed E-state index contributed by atoms with van der Waals surface area (Å²) in [6.45, 7) is 0. The van der Waals surface area contributed by atoms with Gasteiger partial charge >= 0.3 is 12.4 Å². The summed E-state index contributed by atoms with van der Waals surface area (Å²) in [5.41, 5.74) is -3.62. The molecule has 2 aromatic carbocycles. The quantitative estimate of drug-likeness (QED) is 0.220. The van der Waals surface area contributed by atoms with Crippen LogP contribution >= 0.6 is 21.6 Å². The number of rotatable bonds is 9. The average molecular weight is 547 g/mol. The lowest BCUT2D eigenvalue weighted by atomic mass is 10.1. The molecule has 6 nitrogen and oxygen atoms in total. The minimum atomic E-state index is -4.74. The van der Waals surface area contributed by atoms with Gasteiger partial charge < -0.3 is 10.6 Å². The van der Waals surface area contributed by atoms with Crippen LogP contribution in [0, 0.1) is 22.7 Å². The number of anilines is 2. The van der Waals surface area contributed by atoms with Gasteiger partial charge in [-0.2, -0.15) is 36.9 Å². The number of nitriles is 2. The minimum absolute atomic E-state index is 0.0311. The van der Waals surface area contributed by atoms with Crippen LogP contribution < -0.4 is 10.6 Å². The second-order valence-corrected chi connectivity index (χ2v) is 9.68. The van der Waals surface area contributed by atoms with Gasteiger partial charge in [0.1, 0.15) is 0 Å². The molecule has 2 amide bonds. The molecule has 0 saturated heterocycles. The fourth-order valence-electron chi connectivity index (χ4n) is 2.74. The number of amides is 2. The van der Waals surface area contributed by atoms with Gasteiger partial charge in [0.05, 0.1) is 34.4 Å². The van der Waals surface area contributed by atoms with Crippen LogP contribution in [0.5, 0.6) is 0 Å². The molecule has 2 aromatic rings. The van der Waals surface area contributed by atoms with Crippen molar-refractivity contribution in [2.75, 3.05) is 22.1 Å². The first-order valence-electron chi connectivity index (χ1n) is 9.92. The third kappa shape index (κ3) is 8.70. The zero-order valence-corrected chi connectivity index (χ0v) is 19.7. The lowest BCUT2D eigenvalue weighted by Crippen LogP contribution is -2.14. The summed E-state index contributed by atoms with van der Waals surface area (Å²) < 4.78 is 78.0. The van der Waals surface area contributed by atoms with Crippen LogP contribution in [0.25, 0.3) is 0 Å². The number of hydrogen-bond acceptors (Lipinski definition) is 6. The van der Waals surface area contributed by atoms with E-state index in [9.17, 15) is 35.9 Å². The van der Waals surface area contributed by atoms with Gasteiger partial charge in [-0.25, -0.2) is 0 Å². The molecular weight excluding hydrogens is 530 g/mol. The minimum Gasteiger partial charge on any atom is -0.326 e.